The Kier molecular flexibility index (Phi) is 3.15. The Bertz CT molecular complexity index is 464. The van der Waals surface area contributed by atoms with E-state index in [1.54, 1.807) is 10.9 Å². The fourth-order valence-electron chi connectivity index (χ4n) is 1.66. The normalized spacial score (nSPS) is 12.6. The lowest BCUT2D eigenvalue weighted by Crippen LogP contribution is -2.10. The number of hydrogen-bond acceptors (Lipinski definition) is 2. The highest BCUT2D eigenvalue weighted by atomic mass is 35.5. The molecule has 2 aromatic rings. The van der Waals surface area contributed by atoms with E-state index < -0.39 is 0 Å². The zero-order valence-corrected chi connectivity index (χ0v) is 9.85. The highest BCUT2D eigenvalue weighted by Crippen LogP contribution is 2.22. The lowest BCUT2D eigenvalue weighted by molar-refractivity contribution is 0.550. The molecule has 1 heterocycles. The Morgan fingerprint density at radius 1 is 1.38 bits per heavy atom. The summed E-state index contributed by atoms with van der Waals surface area (Å²) in [6.07, 6.45) is 1.58. The number of rotatable bonds is 3. The fourth-order valence-corrected chi connectivity index (χ4v) is 1.81. The van der Waals surface area contributed by atoms with Crippen LogP contribution in [0.3, 0.4) is 0 Å². The number of halogens is 1. The first-order chi connectivity index (χ1) is 7.68. The van der Waals surface area contributed by atoms with Crippen molar-refractivity contribution in [1.29, 1.82) is 0 Å². The van der Waals surface area contributed by atoms with Crippen LogP contribution in [-0.4, -0.2) is 9.78 Å². The van der Waals surface area contributed by atoms with E-state index in [2.05, 4.69) is 24.2 Å². The summed E-state index contributed by atoms with van der Waals surface area (Å²) in [5.74, 6) is 0.893. The molecule has 0 aliphatic carbocycles. The van der Waals surface area contributed by atoms with E-state index in [1.807, 2.05) is 18.2 Å². The molecule has 0 bridgehead atoms. The van der Waals surface area contributed by atoms with Crippen LogP contribution in [0.5, 0.6) is 0 Å². The summed E-state index contributed by atoms with van der Waals surface area (Å²) >= 11 is 5.85. The SMILES string of the molecule is CC(Cn1ncc(Cl)c1N)c1ccccc1. The second kappa shape index (κ2) is 4.58. The van der Waals surface area contributed by atoms with E-state index >= 15 is 0 Å². The Hall–Kier alpha value is -1.48. The van der Waals surface area contributed by atoms with E-state index in [4.69, 9.17) is 17.3 Å². The second-order valence-corrected chi connectivity index (χ2v) is 4.28. The summed E-state index contributed by atoms with van der Waals surface area (Å²) in [5, 5.41) is 4.65. The highest BCUT2D eigenvalue weighted by Gasteiger charge is 2.10. The number of hydrogen-bond donors (Lipinski definition) is 1. The van der Waals surface area contributed by atoms with Gasteiger partial charge in [0.25, 0.3) is 0 Å². The molecule has 2 N–H and O–H groups in total. The largest absolute Gasteiger partial charge is 0.383 e. The topological polar surface area (TPSA) is 43.8 Å². The Labute approximate surface area is 99.8 Å². The molecule has 0 spiro atoms. The van der Waals surface area contributed by atoms with Gasteiger partial charge in [-0.2, -0.15) is 5.10 Å². The maximum absolute atomic E-state index is 5.85. The second-order valence-electron chi connectivity index (χ2n) is 3.87. The number of aromatic nitrogens is 2. The van der Waals surface area contributed by atoms with Crippen molar-refractivity contribution in [2.45, 2.75) is 19.4 Å². The number of anilines is 1. The molecular formula is C12H14ClN3. The van der Waals surface area contributed by atoms with Gasteiger partial charge in [0.15, 0.2) is 0 Å². The zero-order valence-electron chi connectivity index (χ0n) is 9.10. The molecule has 3 nitrogen and oxygen atoms in total. The van der Waals surface area contributed by atoms with Crippen molar-refractivity contribution in [3.63, 3.8) is 0 Å². The van der Waals surface area contributed by atoms with Crippen LogP contribution in [0.25, 0.3) is 0 Å². The minimum absolute atomic E-state index is 0.361. The third-order valence-electron chi connectivity index (χ3n) is 2.65. The van der Waals surface area contributed by atoms with Crippen molar-refractivity contribution in [3.05, 3.63) is 47.1 Å². The standard InChI is InChI=1S/C12H14ClN3/c1-9(10-5-3-2-4-6-10)8-16-12(14)11(13)7-15-16/h2-7,9H,8,14H2,1H3. The zero-order chi connectivity index (χ0) is 11.5. The molecule has 84 valence electrons. The molecule has 1 unspecified atom stereocenters. The predicted octanol–water partition coefficient (Wildman–Crippen LogP) is 2.92. The van der Waals surface area contributed by atoms with E-state index in [-0.39, 0.29) is 0 Å². The molecule has 0 aliphatic rings. The average molecular weight is 236 g/mol. The predicted molar refractivity (Wildman–Crippen MR) is 66.5 cm³/mol. The molecule has 1 aromatic heterocycles. The van der Waals surface area contributed by atoms with Gasteiger partial charge < -0.3 is 5.73 Å². The first-order valence-corrected chi connectivity index (χ1v) is 5.58. The first-order valence-electron chi connectivity index (χ1n) is 5.20. The van der Waals surface area contributed by atoms with Crippen molar-refractivity contribution in [2.75, 3.05) is 5.73 Å². The maximum Gasteiger partial charge on any atom is 0.140 e. The Morgan fingerprint density at radius 2 is 2.06 bits per heavy atom. The molecule has 1 atom stereocenters. The van der Waals surface area contributed by atoms with Gasteiger partial charge in [0.2, 0.25) is 0 Å². The van der Waals surface area contributed by atoms with E-state index in [0.29, 0.717) is 16.8 Å². The van der Waals surface area contributed by atoms with Gasteiger partial charge in [0.1, 0.15) is 10.8 Å². The molecule has 0 aliphatic heterocycles. The van der Waals surface area contributed by atoms with Crippen LogP contribution in [-0.2, 0) is 6.54 Å². The van der Waals surface area contributed by atoms with Crippen LogP contribution < -0.4 is 5.73 Å². The molecule has 2 rings (SSSR count). The molecular weight excluding hydrogens is 222 g/mol. The van der Waals surface area contributed by atoms with Crippen molar-refractivity contribution in [2.24, 2.45) is 0 Å². The van der Waals surface area contributed by atoms with Crippen LogP contribution in [0.1, 0.15) is 18.4 Å². The molecule has 0 radical (unpaired) electrons. The summed E-state index contributed by atoms with van der Waals surface area (Å²) in [6, 6.07) is 10.3. The summed E-state index contributed by atoms with van der Waals surface area (Å²) in [7, 11) is 0. The van der Waals surface area contributed by atoms with Gasteiger partial charge in [-0.15, -0.1) is 0 Å². The van der Waals surface area contributed by atoms with Crippen molar-refractivity contribution >= 4 is 17.4 Å². The van der Waals surface area contributed by atoms with Crippen LogP contribution >= 0.6 is 11.6 Å². The van der Waals surface area contributed by atoms with E-state index in [0.717, 1.165) is 6.54 Å². The smallest absolute Gasteiger partial charge is 0.140 e. The molecule has 0 amide bonds. The summed E-state index contributed by atoms with van der Waals surface area (Å²) < 4.78 is 1.74. The average Bonchev–Trinajstić information content (AvgIpc) is 2.62. The number of benzene rings is 1. The van der Waals surface area contributed by atoms with E-state index in [1.165, 1.54) is 5.56 Å². The Morgan fingerprint density at radius 3 is 2.62 bits per heavy atom. The Balaban J connectivity index is 2.14. The van der Waals surface area contributed by atoms with Gasteiger partial charge in [0.05, 0.1) is 6.20 Å². The van der Waals surface area contributed by atoms with Crippen LogP contribution in [0.4, 0.5) is 5.82 Å². The molecule has 16 heavy (non-hydrogen) atoms. The third-order valence-corrected chi connectivity index (χ3v) is 2.94. The molecule has 1 aromatic carbocycles. The molecule has 0 saturated carbocycles. The lowest BCUT2D eigenvalue weighted by Gasteiger charge is -2.12. The van der Waals surface area contributed by atoms with Gasteiger partial charge >= 0.3 is 0 Å². The summed E-state index contributed by atoms with van der Waals surface area (Å²) in [6.45, 7) is 2.88. The van der Waals surface area contributed by atoms with Gasteiger partial charge in [-0.3, -0.25) is 0 Å². The van der Waals surface area contributed by atoms with Crippen molar-refractivity contribution in [3.8, 4) is 0 Å². The number of nitrogen functional groups attached to an aromatic ring is 1. The van der Waals surface area contributed by atoms with Crippen LogP contribution in [0, 0.1) is 0 Å². The lowest BCUT2D eigenvalue weighted by atomic mass is 10.0. The highest BCUT2D eigenvalue weighted by molar-refractivity contribution is 6.32. The molecule has 0 saturated heterocycles. The maximum atomic E-state index is 5.85. The summed E-state index contributed by atoms with van der Waals surface area (Å²) in [5.41, 5.74) is 7.07. The number of nitrogens with zero attached hydrogens (tertiary/aromatic N) is 2. The molecule has 0 fully saturated rings. The van der Waals surface area contributed by atoms with Crippen LogP contribution in [0.15, 0.2) is 36.5 Å². The minimum Gasteiger partial charge on any atom is -0.383 e. The fraction of sp³-hybridized carbons (Fsp3) is 0.250. The van der Waals surface area contributed by atoms with E-state index in [9.17, 15) is 0 Å². The van der Waals surface area contributed by atoms with Gasteiger partial charge in [0, 0.05) is 12.5 Å². The van der Waals surface area contributed by atoms with Crippen molar-refractivity contribution < 1.29 is 0 Å². The summed E-state index contributed by atoms with van der Waals surface area (Å²) in [4.78, 5) is 0. The van der Waals surface area contributed by atoms with Gasteiger partial charge in [-0.25, -0.2) is 4.68 Å². The number of nitrogens with two attached hydrogens (primary N) is 1. The van der Waals surface area contributed by atoms with Gasteiger partial charge in [-0.1, -0.05) is 48.9 Å². The minimum atomic E-state index is 0.361. The molecule has 4 heteroatoms. The van der Waals surface area contributed by atoms with Crippen molar-refractivity contribution in [1.82, 2.24) is 9.78 Å². The van der Waals surface area contributed by atoms with Gasteiger partial charge in [-0.05, 0) is 5.56 Å². The van der Waals surface area contributed by atoms with Crippen LogP contribution in [0.2, 0.25) is 5.02 Å². The first kappa shape index (κ1) is 11.0. The quantitative estimate of drug-likeness (QED) is 0.889. The third kappa shape index (κ3) is 2.19. The monoisotopic (exact) mass is 235 g/mol.